The maximum absolute atomic E-state index is 12.9. The molecule has 0 aliphatic carbocycles. The molecule has 1 aromatic carbocycles. The minimum Gasteiger partial charge on any atom is -0.339 e. The van der Waals surface area contributed by atoms with Crippen molar-refractivity contribution in [2.45, 2.75) is 19.0 Å². The highest BCUT2D eigenvalue weighted by Gasteiger charge is 2.35. The van der Waals surface area contributed by atoms with E-state index < -0.39 is 16.4 Å². The van der Waals surface area contributed by atoms with E-state index in [1.807, 2.05) is 4.90 Å². The number of nitrogens with zero attached hydrogens (tertiary/aromatic N) is 2. The molecule has 1 aromatic rings. The summed E-state index contributed by atoms with van der Waals surface area (Å²) in [7, 11) is -3.64. The van der Waals surface area contributed by atoms with E-state index in [1.54, 1.807) is 12.1 Å². The van der Waals surface area contributed by atoms with Crippen LogP contribution in [0.25, 0.3) is 0 Å². The number of amidine groups is 1. The zero-order chi connectivity index (χ0) is 12.8. The van der Waals surface area contributed by atoms with Crippen molar-refractivity contribution in [1.29, 1.82) is 0 Å². The zero-order valence-corrected chi connectivity index (χ0v) is 10.3. The highest BCUT2D eigenvalue weighted by Crippen LogP contribution is 2.29. The van der Waals surface area contributed by atoms with Crippen LogP contribution in [0.2, 0.25) is 0 Å². The highest BCUT2D eigenvalue weighted by atomic mass is 32.2. The van der Waals surface area contributed by atoms with E-state index in [0.29, 0.717) is 17.8 Å². The number of halogens is 1. The second-order valence-corrected chi connectivity index (χ2v) is 5.72. The predicted octanol–water partition coefficient (Wildman–Crippen LogP) is 1.17. The Morgan fingerprint density at radius 3 is 2.78 bits per heavy atom. The molecule has 96 valence electrons. The summed E-state index contributed by atoms with van der Waals surface area (Å²) in [6, 6.07) is 5.82. The third-order valence-electron chi connectivity index (χ3n) is 3.11. The molecule has 1 N–H and O–H groups in total. The summed E-state index contributed by atoms with van der Waals surface area (Å²) in [5.74, 6) is 0.246. The van der Waals surface area contributed by atoms with Crippen LogP contribution in [0.15, 0.2) is 28.7 Å². The molecule has 0 unspecified atom stereocenters. The van der Waals surface area contributed by atoms with Gasteiger partial charge in [-0.15, -0.1) is 4.40 Å². The normalized spacial score (nSPS) is 25.7. The lowest BCUT2D eigenvalue weighted by atomic mass is 10.1. The van der Waals surface area contributed by atoms with E-state index in [2.05, 4.69) is 9.12 Å². The van der Waals surface area contributed by atoms with E-state index >= 15 is 0 Å². The number of benzene rings is 1. The van der Waals surface area contributed by atoms with Gasteiger partial charge in [0.15, 0.2) is 0 Å². The van der Waals surface area contributed by atoms with Gasteiger partial charge in [-0.05, 0) is 24.1 Å². The maximum Gasteiger partial charge on any atom is 0.323 e. The molecule has 0 aromatic heterocycles. The number of hydrogen-bond acceptors (Lipinski definition) is 3. The first-order valence-corrected chi connectivity index (χ1v) is 7.12. The summed E-state index contributed by atoms with van der Waals surface area (Å²) in [4.78, 5) is 1.91. The third-order valence-corrected chi connectivity index (χ3v) is 4.09. The largest absolute Gasteiger partial charge is 0.339 e. The fourth-order valence-corrected chi connectivity index (χ4v) is 3.39. The van der Waals surface area contributed by atoms with Crippen molar-refractivity contribution < 1.29 is 12.8 Å². The summed E-state index contributed by atoms with van der Waals surface area (Å²) >= 11 is 0. The predicted molar refractivity (Wildman–Crippen MR) is 64.6 cm³/mol. The lowest BCUT2D eigenvalue weighted by Crippen LogP contribution is -2.45. The summed E-state index contributed by atoms with van der Waals surface area (Å²) in [5, 5.41) is 0. The maximum atomic E-state index is 12.9. The molecule has 3 rings (SSSR count). The molecule has 7 heteroatoms. The van der Waals surface area contributed by atoms with Crippen LogP contribution in [0, 0.1) is 5.82 Å². The second-order valence-electron chi connectivity index (χ2n) is 4.35. The Hall–Kier alpha value is -1.47. The molecule has 1 saturated heterocycles. The van der Waals surface area contributed by atoms with E-state index in [4.69, 9.17) is 0 Å². The van der Waals surface area contributed by atoms with E-state index in [-0.39, 0.29) is 5.82 Å². The van der Waals surface area contributed by atoms with Gasteiger partial charge >= 0.3 is 10.2 Å². The number of hydrogen-bond donors (Lipinski definition) is 1. The van der Waals surface area contributed by atoms with Crippen LogP contribution < -0.4 is 4.72 Å². The first-order valence-electron chi connectivity index (χ1n) is 5.68. The molecule has 18 heavy (non-hydrogen) atoms. The minimum atomic E-state index is -3.64. The first kappa shape index (κ1) is 11.6. The molecular formula is C11H12FN3O2S. The number of nitrogens with one attached hydrogen (secondary N) is 1. The summed E-state index contributed by atoms with van der Waals surface area (Å²) in [6.07, 6.45) is 1.07. The molecule has 1 atom stereocenters. The van der Waals surface area contributed by atoms with Crippen molar-refractivity contribution in [2.24, 2.45) is 4.40 Å². The Labute approximate surface area is 105 Å². The van der Waals surface area contributed by atoms with Crippen LogP contribution in [0.4, 0.5) is 4.39 Å². The Morgan fingerprint density at radius 2 is 2.06 bits per heavy atom. The van der Waals surface area contributed by atoms with Crippen LogP contribution in [0.5, 0.6) is 0 Å². The van der Waals surface area contributed by atoms with Gasteiger partial charge < -0.3 is 4.90 Å². The first-order chi connectivity index (χ1) is 8.55. The average molecular weight is 269 g/mol. The molecule has 1 fully saturated rings. The second kappa shape index (κ2) is 4.03. The van der Waals surface area contributed by atoms with Crippen molar-refractivity contribution in [1.82, 2.24) is 9.62 Å². The van der Waals surface area contributed by atoms with Crippen LogP contribution >= 0.6 is 0 Å². The Bertz CT molecular complexity index is 597. The third kappa shape index (κ3) is 1.99. The molecule has 2 heterocycles. The summed E-state index contributed by atoms with van der Waals surface area (Å²) in [5.41, 5.74) is 0.717. The minimum absolute atomic E-state index is 0.340. The molecule has 0 spiro atoms. The van der Waals surface area contributed by atoms with Crippen molar-refractivity contribution in [2.75, 3.05) is 6.54 Å². The zero-order valence-electron chi connectivity index (χ0n) is 9.51. The molecule has 2 aliphatic heterocycles. The van der Waals surface area contributed by atoms with Crippen molar-refractivity contribution >= 4 is 16.0 Å². The van der Waals surface area contributed by atoms with Crippen LogP contribution in [-0.4, -0.2) is 25.7 Å². The van der Waals surface area contributed by atoms with E-state index in [1.165, 1.54) is 12.1 Å². The fourth-order valence-electron chi connectivity index (χ4n) is 2.32. The fraction of sp³-hybridized carbons (Fsp3) is 0.364. The molecule has 0 radical (unpaired) electrons. The van der Waals surface area contributed by atoms with E-state index in [0.717, 1.165) is 13.0 Å². The van der Waals surface area contributed by atoms with Gasteiger partial charge in [0, 0.05) is 13.0 Å². The highest BCUT2D eigenvalue weighted by molar-refractivity contribution is 7.88. The van der Waals surface area contributed by atoms with Gasteiger partial charge in [0.05, 0.1) is 0 Å². The monoisotopic (exact) mass is 269 g/mol. The van der Waals surface area contributed by atoms with Crippen molar-refractivity contribution in [3.63, 3.8) is 0 Å². The number of rotatable bonds is 1. The molecule has 0 bridgehead atoms. The smallest absolute Gasteiger partial charge is 0.323 e. The van der Waals surface area contributed by atoms with Crippen molar-refractivity contribution in [3.8, 4) is 0 Å². The summed E-state index contributed by atoms with van der Waals surface area (Å²) < 4.78 is 42.4. The van der Waals surface area contributed by atoms with Crippen LogP contribution in [0.1, 0.15) is 24.6 Å². The number of fused-ring (bicyclic) bond motifs is 1. The molecule has 0 amide bonds. The standard InChI is InChI=1S/C11H12FN3O2S/c12-9-5-3-8(4-6-9)11-14-18(16,17)13-10-2-1-7-15(10)11/h3-6,11,14H,1-2,7H2/t11-/m0/s1. The summed E-state index contributed by atoms with van der Waals surface area (Å²) in [6.45, 7) is 0.753. The molecule has 5 nitrogen and oxygen atoms in total. The van der Waals surface area contributed by atoms with Crippen LogP contribution in [0.3, 0.4) is 0 Å². The SMILES string of the molecule is O=S1(=O)N=C2CCCN2[C@@H](c2ccc(F)cc2)N1. The van der Waals surface area contributed by atoms with Gasteiger partial charge in [0.2, 0.25) is 0 Å². The van der Waals surface area contributed by atoms with Crippen LogP contribution in [-0.2, 0) is 10.2 Å². The lowest BCUT2D eigenvalue weighted by Gasteiger charge is -2.33. The van der Waals surface area contributed by atoms with Gasteiger partial charge in [-0.2, -0.15) is 13.1 Å². The topological polar surface area (TPSA) is 61.8 Å². The van der Waals surface area contributed by atoms with Gasteiger partial charge in [-0.3, -0.25) is 0 Å². The Balaban J connectivity index is 2.02. The lowest BCUT2D eigenvalue weighted by molar-refractivity contribution is 0.316. The van der Waals surface area contributed by atoms with Crippen molar-refractivity contribution in [3.05, 3.63) is 35.6 Å². The quantitative estimate of drug-likeness (QED) is 0.832. The van der Waals surface area contributed by atoms with Gasteiger partial charge in [-0.25, -0.2) is 4.39 Å². The molecular weight excluding hydrogens is 257 g/mol. The van der Waals surface area contributed by atoms with E-state index in [9.17, 15) is 12.8 Å². The molecule has 0 saturated carbocycles. The average Bonchev–Trinajstić information content (AvgIpc) is 2.75. The van der Waals surface area contributed by atoms with Gasteiger partial charge in [-0.1, -0.05) is 12.1 Å². The van der Waals surface area contributed by atoms with Gasteiger partial charge in [0.1, 0.15) is 17.8 Å². The Morgan fingerprint density at radius 1 is 1.33 bits per heavy atom. The Kier molecular flexibility index (Phi) is 2.60. The molecule has 2 aliphatic rings. The van der Waals surface area contributed by atoms with Gasteiger partial charge in [0.25, 0.3) is 0 Å².